The summed E-state index contributed by atoms with van der Waals surface area (Å²) in [6, 6.07) is 10.9. The molecule has 1 saturated carbocycles. The average Bonchev–Trinajstić information content (AvgIpc) is 3.15. The molecule has 6 heteroatoms. The first-order chi connectivity index (χ1) is 15.7. The Hall–Kier alpha value is -2.60. The molecule has 178 valence electrons. The molecule has 0 saturated heterocycles. The van der Waals surface area contributed by atoms with Gasteiger partial charge in [-0.25, -0.2) is 4.98 Å². The van der Waals surface area contributed by atoms with E-state index < -0.39 is 0 Å². The van der Waals surface area contributed by atoms with Crippen LogP contribution in [0.1, 0.15) is 63.5 Å². The van der Waals surface area contributed by atoms with Gasteiger partial charge in [-0.05, 0) is 63.3 Å². The van der Waals surface area contributed by atoms with E-state index in [2.05, 4.69) is 61.4 Å². The molecule has 0 atom stereocenters. The summed E-state index contributed by atoms with van der Waals surface area (Å²) >= 11 is 0. The van der Waals surface area contributed by atoms with Crippen molar-refractivity contribution in [2.45, 2.75) is 71.4 Å². The molecule has 2 aromatic heterocycles. The van der Waals surface area contributed by atoms with E-state index in [-0.39, 0.29) is 5.41 Å². The van der Waals surface area contributed by atoms with Crippen molar-refractivity contribution in [3.8, 4) is 0 Å². The Morgan fingerprint density at radius 3 is 2.45 bits per heavy atom. The number of rotatable bonds is 7. The second-order valence-corrected chi connectivity index (χ2v) is 10.7. The minimum atomic E-state index is 0.0520. The van der Waals surface area contributed by atoms with E-state index in [1.54, 1.807) is 0 Å². The van der Waals surface area contributed by atoms with Crippen molar-refractivity contribution >= 4 is 22.7 Å². The molecule has 0 aliphatic heterocycles. The van der Waals surface area contributed by atoms with Crippen LogP contribution in [0.25, 0.3) is 10.9 Å². The van der Waals surface area contributed by atoms with E-state index in [4.69, 9.17) is 14.4 Å². The molecule has 0 bridgehead atoms. The molecule has 2 N–H and O–H groups in total. The molecular weight excluding hydrogens is 410 g/mol. The predicted octanol–water partition coefficient (Wildman–Crippen LogP) is 5.66. The summed E-state index contributed by atoms with van der Waals surface area (Å²) in [7, 11) is 4.07. The van der Waals surface area contributed by atoms with Crippen LogP contribution < -0.4 is 15.5 Å². The normalized spacial score (nSPS) is 19.1. The summed E-state index contributed by atoms with van der Waals surface area (Å²) in [5.74, 6) is 4.52. The van der Waals surface area contributed by atoms with Crippen molar-refractivity contribution in [1.82, 2.24) is 15.3 Å². The molecule has 1 fully saturated rings. The maximum atomic E-state index is 5.98. The maximum absolute atomic E-state index is 5.98. The molecule has 1 aliphatic carbocycles. The average molecular weight is 450 g/mol. The SMILES string of the molecule is Cc1oc(C(C)(C)C)cc1CNC[C@H]1CC[C@@H](Nc2nc(N(C)C)c3ccccc3n2)CC1. The van der Waals surface area contributed by atoms with Gasteiger partial charge in [-0.15, -0.1) is 0 Å². The molecule has 3 aromatic rings. The number of aryl methyl sites for hydroxylation is 1. The Labute approximate surface area is 198 Å². The maximum Gasteiger partial charge on any atom is 0.225 e. The monoisotopic (exact) mass is 449 g/mol. The summed E-state index contributed by atoms with van der Waals surface area (Å²) in [5.41, 5.74) is 2.32. The van der Waals surface area contributed by atoms with Crippen molar-refractivity contribution in [1.29, 1.82) is 0 Å². The van der Waals surface area contributed by atoms with Crippen LogP contribution in [0.3, 0.4) is 0 Å². The fraction of sp³-hybridized carbons (Fsp3) is 0.556. The van der Waals surface area contributed by atoms with Gasteiger partial charge in [0.2, 0.25) is 5.95 Å². The number of nitrogens with one attached hydrogen (secondary N) is 2. The zero-order valence-electron chi connectivity index (χ0n) is 21.0. The quantitative estimate of drug-likeness (QED) is 0.485. The largest absolute Gasteiger partial charge is 0.465 e. The van der Waals surface area contributed by atoms with Crippen LogP contribution in [0.4, 0.5) is 11.8 Å². The minimum Gasteiger partial charge on any atom is -0.465 e. The Morgan fingerprint density at radius 1 is 1.06 bits per heavy atom. The van der Waals surface area contributed by atoms with Crippen LogP contribution in [0.5, 0.6) is 0 Å². The topological polar surface area (TPSA) is 66.2 Å². The van der Waals surface area contributed by atoms with Gasteiger partial charge in [0.1, 0.15) is 17.3 Å². The van der Waals surface area contributed by atoms with Crippen molar-refractivity contribution in [2.75, 3.05) is 30.9 Å². The summed E-state index contributed by atoms with van der Waals surface area (Å²) in [6.45, 7) is 10.6. The number of furan rings is 1. The number of nitrogens with zero attached hydrogens (tertiary/aromatic N) is 3. The zero-order chi connectivity index (χ0) is 23.6. The molecule has 2 heterocycles. The first kappa shape index (κ1) is 23.6. The number of aromatic nitrogens is 2. The zero-order valence-corrected chi connectivity index (χ0v) is 21.0. The van der Waals surface area contributed by atoms with Gasteiger partial charge in [-0.3, -0.25) is 0 Å². The molecule has 6 nitrogen and oxygen atoms in total. The van der Waals surface area contributed by atoms with E-state index in [0.717, 1.165) is 60.1 Å². The van der Waals surface area contributed by atoms with Crippen LogP contribution >= 0.6 is 0 Å². The smallest absolute Gasteiger partial charge is 0.225 e. The summed E-state index contributed by atoms with van der Waals surface area (Å²) in [5, 5.41) is 8.37. The van der Waals surface area contributed by atoms with E-state index in [9.17, 15) is 0 Å². The van der Waals surface area contributed by atoms with E-state index in [1.165, 1.54) is 18.4 Å². The van der Waals surface area contributed by atoms with Crippen molar-refractivity contribution in [3.05, 3.63) is 47.4 Å². The van der Waals surface area contributed by atoms with E-state index in [1.807, 2.05) is 26.2 Å². The highest BCUT2D eigenvalue weighted by Gasteiger charge is 2.23. The summed E-state index contributed by atoms with van der Waals surface area (Å²) < 4.78 is 5.98. The minimum absolute atomic E-state index is 0.0520. The van der Waals surface area contributed by atoms with Gasteiger partial charge in [-0.1, -0.05) is 32.9 Å². The van der Waals surface area contributed by atoms with Crippen LogP contribution in [-0.4, -0.2) is 36.6 Å². The Balaban J connectivity index is 1.28. The molecule has 0 spiro atoms. The van der Waals surface area contributed by atoms with Crippen molar-refractivity contribution in [3.63, 3.8) is 0 Å². The number of fused-ring (bicyclic) bond motifs is 1. The van der Waals surface area contributed by atoms with Gasteiger partial charge in [0.15, 0.2) is 0 Å². The number of hydrogen-bond donors (Lipinski definition) is 2. The van der Waals surface area contributed by atoms with Crippen molar-refractivity contribution < 1.29 is 4.42 Å². The predicted molar refractivity (Wildman–Crippen MR) is 137 cm³/mol. The third-order valence-corrected chi connectivity index (χ3v) is 6.69. The second-order valence-electron chi connectivity index (χ2n) is 10.7. The van der Waals surface area contributed by atoms with E-state index in [0.29, 0.717) is 12.0 Å². The van der Waals surface area contributed by atoms with Gasteiger partial charge >= 0.3 is 0 Å². The standard InChI is InChI=1S/C27H39N5O/c1-18-20(15-24(33-18)27(2,3)4)17-28-16-19-11-13-21(14-12-19)29-26-30-23-10-8-7-9-22(23)25(31-26)32(5)6/h7-10,15,19,21,28H,11-14,16-17H2,1-6H3,(H,29,30,31)/t19-,21+. The third kappa shape index (κ3) is 5.67. The highest BCUT2D eigenvalue weighted by atomic mass is 16.3. The Bertz CT molecular complexity index is 1070. The fourth-order valence-electron chi connectivity index (χ4n) is 4.63. The fourth-order valence-corrected chi connectivity index (χ4v) is 4.63. The van der Waals surface area contributed by atoms with Crippen LogP contribution in [-0.2, 0) is 12.0 Å². The Kier molecular flexibility index (Phi) is 6.94. The summed E-state index contributed by atoms with van der Waals surface area (Å²) in [4.78, 5) is 11.6. The van der Waals surface area contributed by atoms with Gasteiger partial charge in [-0.2, -0.15) is 4.98 Å². The van der Waals surface area contributed by atoms with Crippen LogP contribution in [0.2, 0.25) is 0 Å². The molecule has 0 amide bonds. The molecule has 1 aliphatic rings. The second kappa shape index (κ2) is 9.72. The Morgan fingerprint density at radius 2 is 1.79 bits per heavy atom. The molecule has 4 rings (SSSR count). The highest BCUT2D eigenvalue weighted by Crippen LogP contribution is 2.29. The lowest BCUT2D eigenvalue weighted by Crippen LogP contribution is -2.31. The van der Waals surface area contributed by atoms with Gasteiger partial charge in [0, 0.05) is 43.0 Å². The highest BCUT2D eigenvalue weighted by molar-refractivity contribution is 5.90. The lowest BCUT2D eigenvalue weighted by molar-refractivity contribution is 0.323. The lowest BCUT2D eigenvalue weighted by atomic mass is 9.86. The molecular formula is C27H39N5O. The number of hydrogen-bond acceptors (Lipinski definition) is 6. The number of anilines is 2. The molecule has 1 aromatic carbocycles. The molecule has 0 radical (unpaired) electrons. The van der Waals surface area contributed by atoms with Gasteiger partial charge < -0.3 is 20.0 Å². The molecule has 0 unspecified atom stereocenters. The van der Waals surface area contributed by atoms with Crippen LogP contribution in [0.15, 0.2) is 34.7 Å². The number of para-hydroxylation sites is 1. The number of benzene rings is 1. The first-order valence-electron chi connectivity index (χ1n) is 12.2. The van der Waals surface area contributed by atoms with Crippen LogP contribution in [0, 0.1) is 12.8 Å². The van der Waals surface area contributed by atoms with Crippen molar-refractivity contribution in [2.24, 2.45) is 5.92 Å². The first-order valence-corrected chi connectivity index (χ1v) is 12.2. The third-order valence-electron chi connectivity index (χ3n) is 6.69. The molecule has 33 heavy (non-hydrogen) atoms. The van der Waals surface area contributed by atoms with Gasteiger partial charge in [0.05, 0.1) is 5.52 Å². The summed E-state index contributed by atoms with van der Waals surface area (Å²) in [6.07, 6.45) is 4.74. The van der Waals surface area contributed by atoms with Gasteiger partial charge in [0.25, 0.3) is 0 Å². The lowest BCUT2D eigenvalue weighted by Gasteiger charge is -2.29. The van der Waals surface area contributed by atoms with E-state index >= 15 is 0 Å².